The molecule has 0 spiro atoms. The normalized spacial score (nSPS) is 12.5. The van der Waals surface area contributed by atoms with E-state index in [-0.39, 0.29) is 5.76 Å². The summed E-state index contributed by atoms with van der Waals surface area (Å²) in [6.07, 6.45) is 4.01. The van der Waals surface area contributed by atoms with Crippen molar-refractivity contribution in [1.29, 1.82) is 0 Å². The summed E-state index contributed by atoms with van der Waals surface area (Å²) >= 11 is 0. The van der Waals surface area contributed by atoms with Gasteiger partial charge in [-0.15, -0.1) is 0 Å². The molecule has 0 amide bonds. The maximum atomic E-state index is 11.7. The second-order valence-electron chi connectivity index (χ2n) is 4.91. The van der Waals surface area contributed by atoms with Crippen molar-refractivity contribution in [1.82, 2.24) is 0 Å². The topological polar surface area (TPSA) is 59.7 Å². The number of unbranched alkanes of at least 4 members (excludes halogenated alkanes) is 1. The van der Waals surface area contributed by atoms with E-state index in [4.69, 9.17) is 9.15 Å². The minimum absolute atomic E-state index is 0.189. The fourth-order valence-electron chi connectivity index (χ4n) is 1.86. The fourth-order valence-corrected chi connectivity index (χ4v) is 1.86. The first kappa shape index (κ1) is 16.0. The minimum Gasteiger partial charge on any atom is -0.463 e. The maximum absolute atomic E-state index is 11.7. The molecule has 1 heterocycles. The van der Waals surface area contributed by atoms with Crippen LogP contribution in [0.3, 0.4) is 0 Å². The van der Waals surface area contributed by atoms with Crippen LogP contribution in [0.4, 0.5) is 0 Å². The molecule has 2 rings (SSSR count). The molecule has 2 aromatic rings. The van der Waals surface area contributed by atoms with Crippen molar-refractivity contribution < 1.29 is 19.1 Å². The number of furan rings is 1. The van der Waals surface area contributed by atoms with Gasteiger partial charge in [-0.3, -0.25) is 0 Å². The number of hydrogen-bond acceptors (Lipinski definition) is 4. The molecule has 0 bridgehead atoms. The predicted molar refractivity (Wildman–Crippen MR) is 84.9 cm³/mol. The van der Waals surface area contributed by atoms with Crippen LogP contribution in [0.2, 0.25) is 0 Å². The third-order valence-corrected chi connectivity index (χ3v) is 3.12. The summed E-state index contributed by atoms with van der Waals surface area (Å²) in [6, 6.07) is 13.1. The monoisotopic (exact) mass is 300 g/mol. The first-order valence-electron chi connectivity index (χ1n) is 7.38. The molecule has 1 atom stereocenters. The Hall–Kier alpha value is -2.33. The Kier molecular flexibility index (Phi) is 5.98. The molecule has 1 aromatic heterocycles. The van der Waals surface area contributed by atoms with Gasteiger partial charge in [-0.05, 0) is 30.2 Å². The van der Waals surface area contributed by atoms with Crippen LogP contribution in [0.5, 0.6) is 0 Å². The molecular formula is C18H20O4. The van der Waals surface area contributed by atoms with E-state index in [0.717, 1.165) is 18.4 Å². The maximum Gasteiger partial charge on any atom is 0.342 e. The Morgan fingerprint density at radius 2 is 2.00 bits per heavy atom. The molecule has 4 nitrogen and oxygen atoms in total. The Balaban J connectivity index is 1.95. The van der Waals surface area contributed by atoms with E-state index < -0.39 is 12.1 Å². The lowest BCUT2D eigenvalue weighted by Crippen LogP contribution is -2.15. The van der Waals surface area contributed by atoms with Gasteiger partial charge >= 0.3 is 5.97 Å². The van der Waals surface area contributed by atoms with Gasteiger partial charge < -0.3 is 14.3 Å². The van der Waals surface area contributed by atoms with Crippen LogP contribution in [0.15, 0.2) is 46.9 Å². The molecule has 0 radical (unpaired) electrons. The molecule has 0 aliphatic heterocycles. The molecule has 0 fully saturated rings. The minimum atomic E-state index is -1.38. The number of hydrogen-bond donors (Lipinski definition) is 1. The Labute approximate surface area is 130 Å². The molecule has 0 unspecified atom stereocenters. The van der Waals surface area contributed by atoms with Crippen molar-refractivity contribution in [3.8, 4) is 0 Å². The number of carbonyl (C=O) groups excluding carboxylic acids is 1. The number of benzene rings is 1. The Morgan fingerprint density at radius 1 is 1.23 bits per heavy atom. The van der Waals surface area contributed by atoms with Crippen molar-refractivity contribution in [2.24, 2.45) is 0 Å². The number of rotatable bonds is 7. The van der Waals surface area contributed by atoms with Crippen molar-refractivity contribution in [3.05, 3.63) is 59.5 Å². The van der Waals surface area contributed by atoms with Crippen LogP contribution in [0.1, 0.15) is 43.0 Å². The number of ether oxygens (including phenoxy) is 1. The first-order chi connectivity index (χ1) is 10.7. The SMILES string of the molecule is CCCCOC(=O)[C@H](O)c1ccc(/C=C/c2ccccc2)o1. The highest BCUT2D eigenvalue weighted by atomic mass is 16.5. The van der Waals surface area contributed by atoms with Gasteiger partial charge in [0.2, 0.25) is 6.10 Å². The van der Waals surface area contributed by atoms with E-state index in [2.05, 4.69) is 0 Å². The second-order valence-corrected chi connectivity index (χ2v) is 4.91. The van der Waals surface area contributed by atoms with Gasteiger partial charge in [-0.2, -0.15) is 0 Å². The lowest BCUT2D eigenvalue weighted by molar-refractivity contribution is -0.155. The second kappa shape index (κ2) is 8.20. The van der Waals surface area contributed by atoms with Crippen LogP contribution < -0.4 is 0 Å². The van der Waals surface area contributed by atoms with Crippen molar-refractivity contribution in [2.75, 3.05) is 6.61 Å². The van der Waals surface area contributed by atoms with Gasteiger partial charge in [0.15, 0.2) is 0 Å². The third kappa shape index (κ3) is 4.60. The third-order valence-electron chi connectivity index (χ3n) is 3.12. The molecule has 0 saturated carbocycles. The van der Waals surface area contributed by atoms with Crippen molar-refractivity contribution in [3.63, 3.8) is 0 Å². The molecule has 116 valence electrons. The van der Waals surface area contributed by atoms with Crippen LogP contribution in [0.25, 0.3) is 12.2 Å². The first-order valence-corrected chi connectivity index (χ1v) is 7.38. The van der Waals surface area contributed by atoms with Crippen LogP contribution >= 0.6 is 0 Å². The summed E-state index contributed by atoms with van der Waals surface area (Å²) in [4.78, 5) is 11.7. The lowest BCUT2D eigenvalue weighted by Gasteiger charge is -2.07. The van der Waals surface area contributed by atoms with Crippen molar-refractivity contribution in [2.45, 2.75) is 25.9 Å². The van der Waals surface area contributed by atoms with E-state index in [9.17, 15) is 9.90 Å². The van der Waals surface area contributed by atoms with E-state index >= 15 is 0 Å². The van der Waals surface area contributed by atoms with E-state index in [1.165, 1.54) is 0 Å². The highest BCUT2D eigenvalue weighted by Crippen LogP contribution is 2.19. The number of aliphatic hydroxyl groups is 1. The lowest BCUT2D eigenvalue weighted by atomic mass is 10.2. The molecule has 0 saturated heterocycles. The van der Waals surface area contributed by atoms with Crippen LogP contribution in [0, 0.1) is 0 Å². The van der Waals surface area contributed by atoms with Gasteiger partial charge in [0, 0.05) is 0 Å². The summed E-state index contributed by atoms with van der Waals surface area (Å²) in [6.45, 7) is 2.32. The molecule has 1 aromatic carbocycles. The number of esters is 1. The van der Waals surface area contributed by atoms with E-state index in [1.807, 2.05) is 43.3 Å². The van der Waals surface area contributed by atoms with E-state index in [1.54, 1.807) is 18.2 Å². The number of aliphatic hydroxyl groups excluding tert-OH is 1. The largest absolute Gasteiger partial charge is 0.463 e. The molecule has 0 aliphatic carbocycles. The van der Waals surface area contributed by atoms with Crippen LogP contribution in [-0.4, -0.2) is 17.7 Å². The average molecular weight is 300 g/mol. The average Bonchev–Trinajstić information content (AvgIpc) is 3.02. The zero-order chi connectivity index (χ0) is 15.8. The molecule has 4 heteroatoms. The number of carbonyl (C=O) groups is 1. The zero-order valence-electron chi connectivity index (χ0n) is 12.6. The van der Waals surface area contributed by atoms with Gasteiger partial charge in [0.1, 0.15) is 11.5 Å². The van der Waals surface area contributed by atoms with Gasteiger partial charge in [0.25, 0.3) is 0 Å². The standard InChI is InChI=1S/C18H20O4/c1-2-3-13-21-18(20)17(19)16-12-11-15(22-16)10-9-14-7-5-4-6-8-14/h4-12,17,19H,2-3,13H2,1H3/b10-9+/t17-/m1/s1. The van der Waals surface area contributed by atoms with E-state index in [0.29, 0.717) is 12.4 Å². The fraction of sp³-hybridized carbons (Fsp3) is 0.278. The van der Waals surface area contributed by atoms with Crippen molar-refractivity contribution >= 4 is 18.1 Å². The quantitative estimate of drug-likeness (QED) is 0.623. The van der Waals surface area contributed by atoms with Gasteiger partial charge in [-0.1, -0.05) is 49.8 Å². The van der Waals surface area contributed by atoms with Gasteiger partial charge in [-0.25, -0.2) is 4.79 Å². The Bertz CT molecular complexity index is 613. The molecule has 1 N–H and O–H groups in total. The molecule has 22 heavy (non-hydrogen) atoms. The molecular weight excluding hydrogens is 280 g/mol. The summed E-state index contributed by atoms with van der Waals surface area (Å²) in [7, 11) is 0. The summed E-state index contributed by atoms with van der Waals surface area (Å²) in [5.74, 6) is 0.0786. The summed E-state index contributed by atoms with van der Waals surface area (Å²) in [5, 5.41) is 9.89. The Morgan fingerprint density at radius 3 is 2.73 bits per heavy atom. The zero-order valence-corrected chi connectivity index (χ0v) is 12.6. The highest BCUT2D eigenvalue weighted by molar-refractivity contribution is 5.75. The summed E-state index contributed by atoms with van der Waals surface area (Å²) < 4.78 is 10.4. The predicted octanol–water partition coefficient (Wildman–Crippen LogP) is 3.83. The van der Waals surface area contributed by atoms with Gasteiger partial charge in [0.05, 0.1) is 6.61 Å². The smallest absolute Gasteiger partial charge is 0.342 e. The van der Waals surface area contributed by atoms with Crippen LogP contribution in [-0.2, 0) is 9.53 Å². The summed E-state index contributed by atoms with van der Waals surface area (Å²) in [5.41, 5.74) is 1.04. The molecule has 0 aliphatic rings. The highest BCUT2D eigenvalue weighted by Gasteiger charge is 2.22.